The van der Waals surface area contributed by atoms with Gasteiger partial charge in [0, 0.05) is 18.1 Å². The Morgan fingerprint density at radius 1 is 1.29 bits per heavy atom. The predicted octanol–water partition coefficient (Wildman–Crippen LogP) is 2.97. The summed E-state index contributed by atoms with van der Waals surface area (Å²) in [5, 5.41) is 4.00. The van der Waals surface area contributed by atoms with Gasteiger partial charge < -0.3 is 15.1 Å². The van der Waals surface area contributed by atoms with Crippen LogP contribution >= 0.6 is 11.6 Å². The number of benzene rings is 1. The summed E-state index contributed by atoms with van der Waals surface area (Å²) in [5.41, 5.74) is 1.92. The van der Waals surface area contributed by atoms with Crippen molar-refractivity contribution in [3.63, 3.8) is 0 Å². The third-order valence-corrected chi connectivity index (χ3v) is 4.63. The summed E-state index contributed by atoms with van der Waals surface area (Å²) in [4.78, 5) is 17.0. The number of anilines is 2. The Balaban J connectivity index is 1.80. The van der Waals surface area contributed by atoms with Gasteiger partial charge in [-0.15, -0.1) is 0 Å². The first-order valence-corrected chi connectivity index (χ1v) is 8.16. The van der Waals surface area contributed by atoms with Crippen molar-refractivity contribution in [2.75, 3.05) is 36.4 Å². The molecule has 1 atom stereocenters. The van der Waals surface area contributed by atoms with Gasteiger partial charge in [0.05, 0.1) is 11.4 Å². The van der Waals surface area contributed by atoms with E-state index in [2.05, 4.69) is 10.2 Å². The van der Waals surface area contributed by atoms with Crippen molar-refractivity contribution >= 4 is 28.9 Å². The molecule has 114 valence electrons. The lowest BCUT2D eigenvalue weighted by atomic mass is 10.1. The monoisotopic (exact) mass is 307 g/mol. The van der Waals surface area contributed by atoms with Crippen LogP contribution in [0.15, 0.2) is 18.2 Å². The first-order chi connectivity index (χ1) is 10.2. The van der Waals surface area contributed by atoms with Crippen LogP contribution in [0.1, 0.15) is 26.2 Å². The number of hydrogen-bond acceptors (Lipinski definition) is 3. The minimum Gasteiger partial charge on any atom is -0.372 e. The van der Waals surface area contributed by atoms with Crippen LogP contribution in [-0.4, -0.2) is 43.0 Å². The maximum Gasteiger partial charge on any atom is 0.249 e. The highest BCUT2D eigenvalue weighted by Crippen LogP contribution is 2.34. The molecule has 2 aliphatic heterocycles. The highest BCUT2D eigenvalue weighted by molar-refractivity contribution is 6.31. The number of carbonyl (C=O) groups excluding carboxylic acids is 1. The average molecular weight is 308 g/mol. The second-order valence-electron chi connectivity index (χ2n) is 5.81. The van der Waals surface area contributed by atoms with Crippen molar-refractivity contribution in [1.82, 2.24) is 4.90 Å². The van der Waals surface area contributed by atoms with Gasteiger partial charge >= 0.3 is 0 Å². The van der Waals surface area contributed by atoms with Gasteiger partial charge in [-0.25, -0.2) is 0 Å². The Labute approximate surface area is 131 Å². The molecular formula is C16H22ClN3O. The maximum absolute atomic E-state index is 12.6. The van der Waals surface area contributed by atoms with E-state index in [4.69, 9.17) is 11.6 Å². The van der Waals surface area contributed by atoms with E-state index >= 15 is 0 Å². The molecule has 0 aliphatic carbocycles. The van der Waals surface area contributed by atoms with E-state index < -0.39 is 0 Å². The first-order valence-electron chi connectivity index (χ1n) is 7.79. The lowest BCUT2D eigenvalue weighted by Crippen LogP contribution is -2.49. The fourth-order valence-corrected chi connectivity index (χ4v) is 3.34. The van der Waals surface area contributed by atoms with Gasteiger partial charge in [0.2, 0.25) is 5.91 Å². The molecule has 2 aliphatic rings. The quantitative estimate of drug-likeness (QED) is 0.929. The second-order valence-corrected chi connectivity index (χ2v) is 6.24. The number of halogens is 1. The fraction of sp³-hybridized carbons (Fsp3) is 0.562. The number of amides is 1. The summed E-state index contributed by atoms with van der Waals surface area (Å²) in [6.45, 7) is 6.05. The van der Waals surface area contributed by atoms with Crippen molar-refractivity contribution in [1.29, 1.82) is 0 Å². The minimum absolute atomic E-state index is 0.144. The third kappa shape index (κ3) is 3.01. The molecule has 1 aromatic rings. The van der Waals surface area contributed by atoms with Crippen LogP contribution in [0.2, 0.25) is 5.02 Å². The summed E-state index contributed by atoms with van der Waals surface area (Å²) in [6.07, 6.45) is 3.34. The molecule has 1 aromatic carbocycles. The van der Waals surface area contributed by atoms with E-state index in [-0.39, 0.29) is 11.9 Å². The van der Waals surface area contributed by atoms with Crippen molar-refractivity contribution in [2.45, 2.75) is 32.2 Å². The molecule has 4 nitrogen and oxygen atoms in total. The van der Waals surface area contributed by atoms with E-state index in [0.29, 0.717) is 5.02 Å². The lowest BCUT2D eigenvalue weighted by molar-refractivity contribution is -0.119. The Bertz CT molecular complexity index is 528. The van der Waals surface area contributed by atoms with Crippen molar-refractivity contribution in [2.24, 2.45) is 0 Å². The Hall–Kier alpha value is -1.26. The topological polar surface area (TPSA) is 35.6 Å². The van der Waals surface area contributed by atoms with E-state index in [1.54, 1.807) is 0 Å². The van der Waals surface area contributed by atoms with Gasteiger partial charge in [-0.05, 0) is 50.6 Å². The molecule has 0 radical (unpaired) electrons. The molecule has 0 aromatic heterocycles. The Kier molecular flexibility index (Phi) is 4.36. The van der Waals surface area contributed by atoms with Gasteiger partial charge in [-0.1, -0.05) is 18.5 Å². The van der Waals surface area contributed by atoms with Crippen LogP contribution in [0.5, 0.6) is 0 Å². The van der Waals surface area contributed by atoms with Gasteiger partial charge in [-0.3, -0.25) is 4.79 Å². The van der Waals surface area contributed by atoms with Crippen molar-refractivity contribution < 1.29 is 4.79 Å². The summed E-state index contributed by atoms with van der Waals surface area (Å²) in [7, 11) is 0. The zero-order valence-electron chi connectivity index (χ0n) is 12.4. The minimum atomic E-state index is -0.144. The van der Waals surface area contributed by atoms with Gasteiger partial charge in [0.25, 0.3) is 0 Å². The molecule has 1 fully saturated rings. The van der Waals surface area contributed by atoms with Crippen molar-refractivity contribution in [3.05, 3.63) is 23.2 Å². The molecule has 5 heteroatoms. The largest absolute Gasteiger partial charge is 0.372 e. The summed E-state index contributed by atoms with van der Waals surface area (Å²) in [6, 6.07) is 5.56. The highest BCUT2D eigenvalue weighted by Gasteiger charge is 2.31. The molecule has 0 bridgehead atoms. The van der Waals surface area contributed by atoms with Crippen LogP contribution in [0.4, 0.5) is 11.4 Å². The Morgan fingerprint density at radius 3 is 2.76 bits per heavy atom. The van der Waals surface area contributed by atoms with E-state index in [1.807, 2.05) is 30.0 Å². The summed E-state index contributed by atoms with van der Waals surface area (Å²) in [5.74, 6) is 0.173. The normalized spacial score (nSPS) is 22.3. The molecule has 3 rings (SSSR count). The summed E-state index contributed by atoms with van der Waals surface area (Å²) < 4.78 is 0. The number of likely N-dealkylation sites (tertiary alicyclic amines) is 1. The van der Waals surface area contributed by atoms with Crippen LogP contribution in [-0.2, 0) is 4.79 Å². The number of rotatable bonds is 4. The van der Waals surface area contributed by atoms with E-state index in [9.17, 15) is 4.79 Å². The zero-order valence-corrected chi connectivity index (χ0v) is 13.2. The molecule has 0 spiro atoms. The smallest absolute Gasteiger partial charge is 0.249 e. The molecule has 21 heavy (non-hydrogen) atoms. The number of nitrogens with zero attached hydrogens (tertiary/aromatic N) is 2. The third-order valence-electron chi connectivity index (χ3n) is 4.39. The molecule has 1 N–H and O–H groups in total. The Morgan fingerprint density at radius 2 is 2.05 bits per heavy atom. The highest BCUT2D eigenvalue weighted by atomic mass is 35.5. The number of fused-ring (bicyclic) bond motifs is 1. The van der Waals surface area contributed by atoms with Crippen LogP contribution in [0.25, 0.3) is 0 Å². The fourth-order valence-electron chi connectivity index (χ4n) is 3.17. The van der Waals surface area contributed by atoms with Crippen LogP contribution in [0, 0.1) is 0 Å². The molecule has 1 saturated heterocycles. The van der Waals surface area contributed by atoms with E-state index in [0.717, 1.165) is 44.0 Å². The molecule has 1 amide bonds. The molecule has 2 heterocycles. The van der Waals surface area contributed by atoms with Crippen LogP contribution in [0.3, 0.4) is 0 Å². The molecule has 0 saturated carbocycles. The van der Waals surface area contributed by atoms with E-state index in [1.165, 1.54) is 12.8 Å². The van der Waals surface area contributed by atoms with Crippen LogP contribution < -0.4 is 10.2 Å². The molecular weight excluding hydrogens is 286 g/mol. The number of nitrogens with one attached hydrogen (secondary N) is 1. The number of carbonyl (C=O) groups is 1. The van der Waals surface area contributed by atoms with Gasteiger partial charge in [-0.2, -0.15) is 0 Å². The SMILES string of the molecule is CCC1Nc2cc(Cl)ccc2N(CCN2CCCC2)C1=O. The lowest BCUT2D eigenvalue weighted by Gasteiger charge is -2.36. The van der Waals surface area contributed by atoms with Gasteiger partial charge in [0.15, 0.2) is 0 Å². The summed E-state index contributed by atoms with van der Waals surface area (Å²) >= 11 is 6.08. The second kappa shape index (κ2) is 6.24. The molecule has 1 unspecified atom stereocenters. The average Bonchev–Trinajstić information content (AvgIpc) is 2.99. The number of hydrogen-bond donors (Lipinski definition) is 1. The maximum atomic E-state index is 12.6. The first kappa shape index (κ1) is 14.7. The van der Waals surface area contributed by atoms with Crippen molar-refractivity contribution in [3.8, 4) is 0 Å². The predicted molar refractivity (Wildman–Crippen MR) is 87.2 cm³/mol. The zero-order chi connectivity index (χ0) is 14.8. The standard InChI is InChI=1S/C16H22ClN3O/c1-2-13-16(21)20(10-9-19-7-3-4-8-19)15-6-5-12(17)11-14(15)18-13/h5-6,11,13,18H,2-4,7-10H2,1H3. The van der Waals surface area contributed by atoms with Gasteiger partial charge in [0.1, 0.15) is 6.04 Å².